The Balaban J connectivity index is 1.52. The van der Waals surface area contributed by atoms with Gasteiger partial charge in [-0.05, 0) is 44.1 Å². The molecule has 0 aromatic heterocycles. The van der Waals surface area contributed by atoms with E-state index < -0.39 is 17.7 Å². The van der Waals surface area contributed by atoms with Crippen LogP contribution < -0.4 is 0 Å². The molecule has 0 aromatic carbocycles. The highest BCUT2D eigenvalue weighted by Crippen LogP contribution is 2.48. The summed E-state index contributed by atoms with van der Waals surface area (Å²) >= 11 is 0. The van der Waals surface area contributed by atoms with Crippen LogP contribution in [0.25, 0.3) is 0 Å². The molecule has 4 aliphatic heterocycles. The average Bonchev–Trinajstić information content (AvgIpc) is 3.41. The number of nitrogens with zero attached hydrogens (tertiary/aromatic N) is 3. The number of carboxylic acids is 1. The number of carbonyl (C=O) groups is 2. The lowest BCUT2D eigenvalue weighted by Gasteiger charge is -2.43. The molecule has 1 N–H and O–H groups in total. The Hall–Kier alpha value is -2.15. The Kier molecular flexibility index (Phi) is 4.12. The summed E-state index contributed by atoms with van der Waals surface area (Å²) in [4.78, 5) is 30.2. The number of rotatable bonds is 3. The lowest BCUT2D eigenvalue weighted by Crippen LogP contribution is -2.50. The number of halogens is 1. The first-order valence-electron chi connectivity index (χ1n) is 10.3. The fraction of sp³-hybridized carbons (Fsp3) is 0.619. The molecule has 5 aliphatic rings. The van der Waals surface area contributed by atoms with Crippen LogP contribution in [0.1, 0.15) is 39.0 Å². The second kappa shape index (κ2) is 6.44. The van der Waals surface area contributed by atoms with Crippen molar-refractivity contribution in [2.24, 2.45) is 11.8 Å². The highest BCUT2D eigenvalue weighted by atomic mass is 19.1. The molecule has 0 spiro atoms. The van der Waals surface area contributed by atoms with Gasteiger partial charge in [0.2, 0.25) is 0 Å². The molecule has 0 bridgehead atoms. The Morgan fingerprint density at radius 1 is 1.25 bits per heavy atom. The highest BCUT2D eigenvalue weighted by Gasteiger charge is 2.48. The number of carboxylic acid groups (broad SMARTS) is 1. The highest BCUT2D eigenvalue weighted by molar-refractivity contribution is 6.16. The van der Waals surface area contributed by atoms with E-state index in [-0.39, 0.29) is 17.5 Å². The Labute approximate surface area is 164 Å². The van der Waals surface area contributed by atoms with Crippen molar-refractivity contribution in [1.82, 2.24) is 14.7 Å². The molecule has 7 heteroatoms. The van der Waals surface area contributed by atoms with Crippen molar-refractivity contribution in [3.63, 3.8) is 0 Å². The average molecular weight is 387 g/mol. The van der Waals surface area contributed by atoms with Gasteiger partial charge in [-0.2, -0.15) is 0 Å². The second-order valence-electron chi connectivity index (χ2n) is 8.79. The van der Waals surface area contributed by atoms with E-state index in [1.54, 1.807) is 6.08 Å². The van der Waals surface area contributed by atoms with E-state index >= 15 is 4.39 Å². The number of hydrogen-bond acceptors (Lipinski definition) is 4. The number of carbonyl (C=O) groups excluding carboxylic acids is 1. The summed E-state index contributed by atoms with van der Waals surface area (Å²) in [6, 6.07) is 0.195. The van der Waals surface area contributed by atoms with Gasteiger partial charge in [-0.15, -0.1) is 0 Å². The zero-order valence-corrected chi connectivity index (χ0v) is 16.1. The second-order valence-corrected chi connectivity index (χ2v) is 8.79. The molecule has 1 saturated carbocycles. The number of aliphatic carboxylic acids is 1. The topological polar surface area (TPSA) is 64.1 Å². The van der Waals surface area contributed by atoms with Gasteiger partial charge in [0.05, 0.1) is 18.4 Å². The molecule has 2 saturated heterocycles. The maximum atomic E-state index is 15.2. The first kappa shape index (κ1) is 17.9. The summed E-state index contributed by atoms with van der Waals surface area (Å²) in [5.41, 5.74) is 1.24. The number of allylic oxidation sites excluding steroid dienone is 1. The maximum absolute atomic E-state index is 15.2. The van der Waals surface area contributed by atoms with Gasteiger partial charge in [0, 0.05) is 31.2 Å². The van der Waals surface area contributed by atoms with Crippen LogP contribution in [0.15, 0.2) is 34.9 Å². The third-order valence-electron chi connectivity index (χ3n) is 7.03. The van der Waals surface area contributed by atoms with Crippen LogP contribution in [0.5, 0.6) is 0 Å². The van der Waals surface area contributed by atoms with E-state index in [9.17, 15) is 14.7 Å². The van der Waals surface area contributed by atoms with Crippen LogP contribution >= 0.6 is 0 Å². The van der Waals surface area contributed by atoms with Crippen LogP contribution in [0.4, 0.5) is 4.39 Å². The van der Waals surface area contributed by atoms with Crippen LogP contribution in [0.2, 0.25) is 0 Å². The minimum atomic E-state index is -1.23. The standard InChI is InChI=1S/C21H26FN3O3/c1-12-18-15(13-5-6-13)8-16(21(27)28)20(26)25(18)10-17(22)19(12)24-9-14-4-2-3-7-23(14)11-24/h8,10,13-15,18H,2-7,9,11H2,1H3,(H,27,28). The molecular weight excluding hydrogens is 361 g/mol. The third kappa shape index (κ3) is 2.70. The number of amides is 1. The number of fused-ring (bicyclic) bond motifs is 2. The molecule has 3 unspecified atom stereocenters. The largest absolute Gasteiger partial charge is 0.478 e. The molecule has 6 nitrogen and oxygen atoms in total. The van der Waals surface area contributed by atoms with Crippen molar-refractivity contribution < 1.29 is 19.1 Å². The summed E-state index contributed by atoms with van der Waals surface area (Å²) in [5, 5.41) is 9.44. The molecule has 28 heavy (non-hydrogen) atoms. The molecule has 1 aliphatic carbocycles. The van der Waals surface area contributed by atoms with Crippen LogP contribution in [-0.2, 0) is 9.59 Å². The Bertz CT molecular complexity index is 815. The van der Waals surface area contributed by atoms with E-state index in [4.69, 9.17) is 0 Å². The SMILES string of the molecule is CC1=C(N2CC3CCCCN3C2)C(F)=CN2C(=O)C(C(=O)O)=CC(C3CC3)C12. The van der Waals surface area contributed by atoms with E-state index in [2.05, 4.69) is 9.80 Å². The van der Waals surface area contributed by atoms with Gasteiger partial charge in [-0.3, -0.25) is 9.69 Å². The fourth-order valence-corrected chi connectivity index (χ4v) is 5.54. The number of hydrogen-bond donors (Lipinski definition) is 1. The summed E-state index contributed by atoms with van der Waals surface area (Å²) in [6.07, 6.45) is 8.51. The monoisotopic (exact) mass is 387 g/mol. The fourth-order valence-electron chi connectivity index (χ4n) is 5.54. The first-order valence-corrected chi connectivity index (χ1v) is 10.3. The summed E-state index contributed by atoms with van der Waals surface area (Å²) < 4.78 is 15.2. The summed E-state index contributed by atoms with van der Waals surface area (Å²) in [7, 11) is 0. The Morgan fingerprint density at radius 3 is 2.71 bits per heavy atom. The lowest BCUT2D eigenvalue weighted by molar-refractivity contribution is -0.138. The van der Waals surface area contributed by atoms with Gasteiger partial charge in [-0.1, -0.05) is 12.5 Å². The van der Waals surface area contributed by atoms with Gasteiger partial charge in [-0.25, -0.2) is 9.18 Å². The molecule has 1 amide bonds. The molecule has 5 rings (SSSR count). The van der Waals surface area contributed by atoms with Gasteiger partial charge in [0.15, 0.2) is 5.83 Å². The summed E-state index contributed by atoms with van der Waals surface area (Å²) in [6.45, 7) is 4.52. The molecule has 0 aromatic rings. The first-order chi connectivity index (χ1) is 13.5. The van der Waals surface area contributed by atoms with Crippen molar-refractivity contribution in [3.8, 4) is 0 Å². The molecular formula is C21H26FN3O3. The zero-order valence-electron chi connectivity index (χ0n) is 16.1. The van der Waals surface area contributed by atoms with Crippen molar-refractivity contribution in [1.29, 1.82) is 0 Å². The van der Waals surface area contributed by atoms with Gasteiger partial charge in [0.1, 0.15) is 5.57 Å². The van der Waals surface area contributed by atoms with Gasteiger partial charge >= 0.3 is 5.97 Å². The van der Waals surface area contributed by atoms with Crippen molar-refractivity contribution >= 4 is 11.9 Å². The number of piperidine rings is 1. The van der Waals surface area contributed by atoms with E-state index in [1.807, 2.05) is 6.92 Å². The molecule has 150 valence electrons. The molecule has 0 radical (unpaired) electrons. The van der Waals surface area contributed by atoms with E-state index in [0.717, 1.165) is 44.6 Å². The van der Waals surface area contributed by atoms with Gasteiger partial charge in [0.25, 0.3) is 5.91 Å². The predicted octanol–water partition coefficient (Wildman–Crippen LogP) is 2.46. The molecule has 4 heterocycles. The van der Waals surface area contributed by atoms with Crippen molar-refractivity contribution in [2.45, 2.75) is 51.1 Å². The summed E-state index contributed by atoms with van der Waals surface area (Å²) in [5.74, 6) is -1.96. The lowest BCUT2D eigenvalue weighted by atomic mass is 9.81. The van der Waals surface area contributed by atoms with Crippen LogP contribution in [0, 0.1) is 11.8 Å². The van der Waals surface area contributed by atoms with E-state index in [1.165, 1.54) is 23.9 Å². The van der Waals surface area contributed by atoms with Crippen LogP contribution in [0.3, 0.4) is 0 Å². The quantitative estimate of drug-likeness (QED) is 0.754. The van der Waals surface area contributed by atoms with Gasteiger partial charge < -0.3 is 14.9 Å². The molecule has 3 fully saturated rings. The van der Waals surface area contributed by atoms with E-state index in [0.29, 0.717) is 17.7 Å². The Morgan fingerprint density at radius 2 is 2.04 bits per heavy atom. The minimum absolute atomic E-state index is 0.0617. The third-order valence-corrected chi connectivity index (χ3v) is 7.03. The minimum Gasteiger partial charge on any atom is -0.478 e. The normalized spacial score (nSPS) is 33.5. The predicted molar refractivity (Wildman–Crippen MR) is 100 cm³/mol. The zero-order chi connectivity index (χ0) is 19.6. The van der Waals surface area contributed by atoms with Crippen LogP contribution in [-0.4, -0.2) is 63.5 Å². The smallest absolute Gasteiger partial charge is 0.341 e. The molecule has 3 atom stereocenters. The van der Waals surface area contributed by atoms with Crippen molar-refractivity contribution in [2.75, 3.05) is 19.8 Å². The maximum Gasteiger partial charge on any atom is 0.341 e. The van der Waals surface area contributed by atoms with Crippen molar-refractivity contribution in [3.05, 3.63) is 34.9 Å².